The van der Waals surface area contributed by atoms with Gasteiger partial charge in [-0.3, -0.25) is 9.59 Å². The van der Waals surface area contributed by atoms with Crippen molar-refractivity contribution in [3.05, 3.63) is 65.2 Å². The first kappa shape index (κ1) is 20.5. The molecule has 5 nitrogen and oxygen atoms in total. The van der Waals surface area contributed by atoms with Gasteiger partial charge in [-0.1, -0.05) is 36.4 Å². The number of hydrogen-bond donors (Lipinski definition) is 0. The Labute approximate surface area is 178 Å². The van der Waals surface area contributed by atoms with Crippen LogP contribution in [0.4, 0.5) is 0 Å². The molecule has 1 atom stereocenters. The van der Waals surface area contributed by atoms with Crippen molar-refractivity contribution < 1.29 is 14.3 Å². The fourth-order valence-electron chi connectivity index (χ4n) is 4.73. The number of benzene rings is 2. The number of likely N-dealkylation sites (tertiary alicyclic amines) is 1. The number of nitrogens with zero attached hydrogens (tertiary/aromatic N) is 2. The minimum atomic E-state index is -0.311. The number of aryl methyl sites for hydroxylation is 1. The maximum Gasteiger partial charge on any atom is 0.254 e. The molecule has 2 aromatic carbocycles. The predicted molar refractivity (Wildman–Crippen MR) is 117 cm³/mol. The van der Waals surface area contributed by atoms with E-state index in [0.717, 1.165) is 41.7 Å². The van der Waals surface area contributed by atoms with E-state index in [2.05, 4.69) is 6.07 Å². The van der Waals surface area contributed by atoms with E-state index < -0.39 is 0 Å². The largest absolute Gasteiger partial charge is 0.487 e. The molecule has 2 aliphatic heterocycles. The second-order valence-electron chi connectivity index (χ2n) is 8.82. The van der Waals surface area contributed by atoms with Gasteiger partial charge >= 0.3 is 0 Å². The zero-order valence-electron chi connectivity index (χ0n) is 18.1. The lowest BCUT2D eigenvalue weighted by Crippen LogP contribution is -2.52. The molecule has 2 heterocycles. The van der Waals surface area contributed by atoms with Crippen LogP contribution in [0, 0.1) is 6.92 Å². The Morgan fingerprint density at radius 2 is 1.73 bits per heavy atom. The highest BCUT2D eigenvalue weighted by molar-refractivity contribution is 5.95. The summed E-state index contributed by atoms with van der Waals surface area (Å²) in [5.74, 6) is 1.26. The molecule has 1 spiro atoms. The summed E-state index contributed by atoms with van der Waals surface area (Å²) >= 11 is 0. The third-order valence-corrected chi connectivity index (χ3v) is 6.56. The number of carbonyl (C=O) groups excluding carboxylic acids is 2. The second kappa shape index (κ2) is 8.13. The lowest BCUT2D eigenvalue weighted by atomic mass is 9.76. The zero-order chi connectivity index (χ0) is 21.3. The number of para-hydroxylation sites is 1. The van der Waals surface area contributed by atoms with Crippen molar-refractivity contribution in [3.63, 3.8) is 0 Å². The van der Waals surface area contributed by atoms with Crippen LogP contribution in [0.5, 0.6) is 5.75 Å². The van der Waals surface area contributed by atoms with E-state index >= 15 is 0 Å². The van der Waals surface area contributed by atoms with Gasteiger partial charge in [0.15, 0.2) is 0 Å². The molecule has 5 heteroatoms. The molecule has 0 unspecified atom stereocenters. The minimum Gasteiger partial charge on any atom is -0.487 e. The Balaban J connectivity index is 1.51. The zero-order valence-corrected chi connectivity index (χ0v) is 18.1. The van der Waals surface area contributed by atoms with Crippen molar-refractivity contribution in [1.82, 2.24) is 9.80 Å². The van der Waals surface area contributed by atoms with Crippen molar-refractivity contribution in [2.24, 2.45) is 0 Å². The molecule has 0 radical (unpaired) electrons. The van der Waals surface area contributed by atoms with Gasteiger partial charge in [0.25, 0.3) is 5.91 Å². The first-order valence-corrected chi connectivity index (χ1v) is 10.7. The average molecular weight is 407 g/mol. The Morgan fingerprint density at radius 1 is 1.07 bits per heavy atom. The Bertz CT molecular complexity index is 945. The number of piperidine rings is 1. The van der Waals surface area contributed by atoms with Crippen LogP contribution >= 0.6 is 0 Å². The number of ether oxygens (including phenoxy) is 1. The molecule has 0 aliphatic carbocycles. The van der Waals surface area contributed by atoms with Gasteiger partial charge in [0, 0.05) is 57.9 Å². The summed E-state index contributed by atoms with van der Waals surface area (Å²) < 4.78 is 6.53. The second-order valence-corrected chi connectivity index (χ2v) is 8.82. The standard InChI is InChI=1S/C25H30N2O3/c1-18-8-4-5-9-20(18)24(29)27-14-12-25(13-15-27)17-19(16-23(28)26(2)3)21-10-6-7-11-22(21)30-25/h4-11,19H,12-17H2,1-3H3/t19-/m1/s1. The quantitative estimate of drug-likeness (QED) is 0.774. The summed E-state index contributed by atoms with van der Waals surface area (Å²) in [5.41, 5.74) is 2.59. The van der Waals surface area contributed by atoms with Gasteiger partial charge in [0.1, 0.15) is 11.4 Å². The third-order valence-electron chi connectivity index (χ3n) is 6.56. The molecule has 0 bridgehead atoms. The third kappa shape index (κ3) is 3.93. The van der Waals surface area contributed by atoms with Gasteiger partial charge in [-0.05, 0) is 36.6 Å². The highest BCUT2D eigenvalue weighted by Crippen LogP contribution is 2.46. The Hall–Kier alpha value is -2.82. The van der Waals surface area contributed by atoms with E-state index in [4.69, 9.17) is 4.74 Å². The molecule has 0 aromatic heterocycles. The maximum absolute atomic E-state index is 13.0. The van der Waals surface area contributed by atoms with Crippen LogP contribution in [0.25, 0.3) is 0 Å². The normalized spacial score (nSPS) is 19.7. The molecule has 0 saturated carbocycles. The van der Waals surface area contributed by atoms with Crippen molar-refractivity contribution in [1.29, 1.82) is 0 Å². The summed E-state index contributed by atoms with van der Waals surface area (Å²) in [6.45, 7) is 3.32. The van der Waals surface area contributed by atoms with Crippen LogP contribution in [-0.4, -0.2) is 54.4 Å². The number of carbonyl (C=O) groups is 2. The van der Waals surface area contributed by atoms with Gasteiger partial charge in [0.05, 0.1) is 0 Å². The van der Waals surface area contributed by atoms with Crippen molar-refractivity contribution >= 4 is 11.8 Å². The van der Waals surface area contributed by atoms with Gasteiger partial charge in [-0.25, -0.2) is 0 Å². The first-order valence-electron chi connectivity index (χ1n) is 10.7. The van der Waals surface area contributed by atoms with Crippen LogP contribution in [-0.2, 0) is 4.79 Å². The van der Waals surface area contributed by atoms with E-state index in [0.29, 0.717) is 19.5 Å². The van der Waals surface area contributed by atoms with Gasteiger partial charge in [-0.2, -0.15) is 0 Å². The molecular weight excluding hydrogens is 376 g/mol. The monoisotopic (exact) mass is 406 g/mol. The number of fused-ring (bicyclic) bond motifs is 1. The van der Waals surface area contributed by atoms with Gasteiger partial charge in [0.2, 0.25) is 5.91 Å². The molecule has 2 aromatic rings. The van der Waals surface area contributed by atoms with E-state index in [1.54, 1.807) is 19.0 Å². The predicted octanol–water partition coefficient (Wildman–Crippen LogP) is 4.01. The number of amides is 2. The average Bonchev–Trinajstić information content (AvgIpc) is 2.74. The molecular formula is C25H30N2O3. The summed E-state index contributed by atoms with van der Waals surface area (Å²) in [7, 11) is 3.61. The van der Waals surface area contributed by atoms with E-state index in [-0.39, 0.29) is 23.3 Å². The Kier molecular flexibility index (Phi) is 5.54. The molecule has 1 saturated heterocycles. The number of rotatable bonds is 3. The van der Waals surface area contributed by atoms with Crippen molar-refractivity contribution in [3.8, 4) is 5.75 Å². The highest BCUT2D eigenvalue weighted by atomic mass is 16.5. The fraction of sp³-hybridized carbons (Fsp3) is 0.440. The van der Waals surface area contributed by atoms with Gasteiger partial charge in [-0.15, -0.1) is 0 Å². The summed E-state index contributed by atoms with van der Waals surface area (Å²) in [4.78, 5) is 29.1. The van der Waals surface area contributed by atoms with Gasteiger partial charge < -0.3 is 14.5 Å². The van der Waals surface area contributed by atoms with E-state index in [9.17, 15) is 9.59 Å². The molecule has 158 valence electrons. The van der Waals surface area contributed by atoms with Crippen LogP contribution < -0.4 is 4.74 Å². The maximum atomic E-state index is 13.0. The van der Waals surface area contributed by atoms with Crippen LogP contribution in [0.15, 0.2) is 48.5 Å². The molecule has 30 heavy (non-hydrogen) atoms. The minimum absolute atomic E-state index is 0.0958. The smallest absolute Gasteiger partial charge is 0.254 e. The van der Waals surface area contributed by atoms with Crippen LogP contribution in [0.3, 0.4) is 0 Å². The van der Waals surface area contributed by atoms with E-state index in [1.807, 2.05) is 54.3 Å². The lowest BCUT2D eigenvalue weighted by Gasteiger charge is -2.47. The molecule has 4 rings (SSSR count). The van der Waals surface area contributed by atoms with Crippen LogP contribution in [0.1, 0.15) is 53.1 Å². The van der Waals surface area contributed by atoms with E-state index in [1.165, 1.54) is 0 Å². The lowest BCUT2D eigenvalue weighted by molar-refractivity contribution is -0.129. The van der Waals surface area contributed by atoms with Crippen molar-refractivity contribution in [2.75, 3.05) is 27.2 Å². The molecule has 1 fully saturated rings. The molecule has 2 amide bonds. The Morgan fingerprint density at radius 3 is 2.43 bits per heavy atom. The first-order chi connectivity index (χ1) is 14.4. The van der Waals surface area contributed by atoms with Crippen molar-refractivity contribution in [2.45, 2.75) is 44.1 Å². The summed E-state index contributed by atoms with van der Waals surface area (Å²) in [6.07, 6.45) is 2.87. The topological polar surface area (TPSA) is 49.9 Å². The SMILES string of the molecule is Cc1ccccc1C(=O)N1CCC2(CC1)C[C@@H](CC(=O)N(C)C)c1ccccc1O2. The summed E-state index contributed by atoms with van der Waals surface area (Å²) in [6, 6.07) is 15.8. The molecule has 2 aliphatic rings. The highest BCUT2D eigenvalue weighted by Gasteiger charge is 2.44. The fourth-order valence-corrected chi connectivity index (χ4v) is 4.73. The molecule has 0 N–H and O–H groups in total. The summed E-state index contributed by atoms with van der Waals surface area (Å²) in [5, 5.41) is 0. The number of hydrogen-bond acceptors (Lipinski definition) is 3. The van der Waals surface area contributed by atoms with Crippen LogP contribution in [0.2, 0.25) is 0 Å².